The zero-order chi connectivity index (χ0) is 19.1. The van der Waals surface area contributed by atoms with Crippen LogP contribution in [0.15, 0.2) is 24.3 Å². The van der Waals surface area contributed by atoms with Gasteiger partial charge in [0.2, 0.25) is 0 Å². The summed E-state index contributed by atoms with van der Waals surface area (Å²) in [7, 11) is 0. The molecule has 2 rings (SSSR count). The molecule has 1 heterocycles. The van der Waals surface area contributed by atoms with Crippen LogP contribution in [0.3, 0.4) is 0 Å². The lowest BCUT2D eigenvalue weighted by atomic mass is 10.2. The second-order valence-electron chi connectivity index (χ2n) is 5.51. The molecule has 1 aromatic carbocycles. The highest BCUT2D eigenvalue weighted by molar-refractivity contribution is 5.94. The van der Waals surface area contributed by atoms with E-state index in [0.29, 0.717) is 30.8 Å². The van der Waals surface area contributed by atoms with Crippen molar-refractivity contribution in [1.29, 1.82) is 0 Å². The SMILES string of the molecule is CCOC(=O)c1cccc(NC(=O)N2CCCN2C(=O)COC(C)=O)c1. The Morgan fingerprint density at radius 1 is 1.12 bits per heavy atom. The normalized spacial score (nSPS) is 13.3. The van der Waals surface area contributed by atoms with Crippen LogP contribution < -0.4 is 5.32 Å². The molecule has 0 unspecified atom stereocenters. The number of benzene rings is 1. The van der Waals surface area contributed by atoms with Gasteiger partial charge in [-0.3, -0.25) is 9.59 Å². The summed E-state index contributed by atoms with van der Waals surface area (Å²) in [6.07, 6.45) is 0.613. The van der Waals surface area contributed by atoms with E-state index >= 15 is 0 Å². The molecule has 9 heteroatoms. The number of esters is 2. The van der Waals surface area contributed by atoms with Gasteiger partial charge in [0.05, 0.1) is 12.2 Å². The van der Waals surface area contributed by atoms with Gasteiger partial charge in [-0.25, -0.2) is 19.6 Å². The maximum Gasteiger partial charge on any atom is 0.340 e. The number of ether oxygens (including phenoxy) is 2. The van der Waals surface area contributed by atoms with Crippen molar-refractivity contribution in [2.24, 2.45) is 0 Å². The second kappa shape index (κ2) is 8.84. The summed E-state index contributed by atoms with van der Waals surface area (Å²) in [5, 5.41) is 5.14. The Kier molecular flexibility index (Phi) is 6.54. The average Bonchev–Trinajstić information content (AvgIpc) is 3.10. The summed E-state index contributed by atoms with van der Waals surface area (Å²) in [5.41, 5.74) is 0.716. The second-order valence-corrected chi connectivity index (χ2v) is 5.51. The minimum atomic E-state index is -0.565. The fourth-order valence-electron chi connectivity index (χ4n) is 2.45. The van der Waals surface area contributed by atoms with Gasteiger partial charge in [-0.2, -0.15) is 0 Å². The molecule has 0 saturated carbocycles. The molecule has 0 radical (unpaired) electrons. The van der Waals surface area contributed by atoms with Crippen LogP contribution in [0.5, 0.6) is 0 Å². The first kappa shape index (κ1) is 19.2. The molecule has 140 valence electrons. The quantitative estimate of drug-likeness (QED) is 0.793. The van der Waals surface area contributed by atoms with Crippen molar-refractivity contribution >= 4 is 29.6 Å². The minimum absolute atomic E-state index is 0.253. The van der Waals surface area contributed by atoms with Crippen LogP contribution in [-0.4, -0.2) is 60.2 Å². The smallest absolute Gasteiger partial charge is 0.340 e. The van der Waals surface area contributed by atoms with E-state index in [1.807, 2.05) is 0 Å². The molecule has 1 N–H and O–H groups in total. The van der Waals surface area contributed by atoms with Crippen LogP contribution in [0.25, 0.3) is 0 Å². The molecule has 0 aromatic heterocycles. The Morgan fingerprint density at radius 2 is 1.85 bits per heavy atom. The fourth-order valence-corrected chi connectivity index (χ4v) is 2.45. The first-order chi connectivity index (χ1) is 12.4. The third-order valence-electron chi connectivity index (χ3n) is 3.58. The first-order valence-corrected chi connectivity index (χ1v) is 8.21. The van der Waals surface area contributed by atoms with Gasteiger partial charge in [0.1, 0.15) is 0 Å². The van der Waals surface area contributed by atoms with Gasteiger partial charge in [0.15, 0.2) is 6.61 Å². The van der Waals surface area contributed by atoms with E-state index in [0.717, 1.165) is 0 Å². The maximum absolute atomic E-state index is 12.5. The van der Waals surface area contributed by atoms with E-state index in [4.69, 9.17) is 4.74 Å². The lowest BCUT2D eigenvalue weighted by Crippen LogP contribution is -2.48. The number of hydrogen-bond acceptors (Lipinski definition) is 6. The van der Waals surface area contributed by atoms with Crippen molar-refractivity contribution in [3.8, 4) is 0 Å². The van der Waals surface area contributed by atoms with Gasteiger partial charge in [-0.05, 0) is 31.5 Å². The number of carbonyl (C=O) groups is 4. The molecule has 0 aliphatic carbocycles. The Hall–Kier alpha value is -3.10. The lowest BCUT2D eigenvalue weighted by molar-refractivity contribution is -0.154. The Morgan fingerprint density at radius 3 is 2.54 bits per heavy atom. The summed E-state index contributed by atoms with van der Waals surface area (Å²) in [6.45, 7) is 3.46. The largest absolute Gasteiger partial charge is 0.462 e. The molecular formula is C17H21N3O6. The lowest BCUT2D eigenvalue weighted by Gasteiger charge is -2.27. The highest BCUT2D eigenvalue weighted by Gasteiger charge is 2.31. The molecule has 0 spiro atoms. The van der Waals surface area contributed by atoms with Gasteiger partial charge >= 0.3 is 18.0 Å². The monoisotopic (exact) mass is 363 g/mol. The highest BCUT2D eigenvalue weighted by atomic mass is 16.5. The topological polar surface area (TPSA) is 105 Å². The third kappa shape index (κ3) is 4.95. The van der Waals surface area contributed by atoms with Gasteiger partial charge in [-0.1, -0.05) is 6.07 Å². The standard InChI is InChI=1S/C17H21N3O6/c1-3-25-16(23)13-6-4-7-14(10-13)18-17(24)20-9-5-8-19(20)15(22)11-26-12(2)21/h4,6-7,10H,3,5,8-9,11H2,1-2H3,(H,18,24). The van der Waals surface area contributed by atoms with E-state index in [-0.39, 0.29) is 6.61 Å². The zero-order valence-corrected chi connectivity index (χ0v) is 14.7. The van der Waals surface area contributed by atoms with Gasteiger partial charge < -0.3 is 14.8 Å². The predicted molar refractivity (Wildman–Crippen MR) is 91.1 cm³/mol. The summed E-state index contributed by atoms with van der Waals surface area (Å²) in [4.78, 5) is 47.2. The van der Waals surface area contributed by atoms with Gasteiger partial charge in [0.25, 0.3) is 5.91 Å². The number of nitrogens with zero attached hydrogens (tertiary/aromatic N) is 2. The van der Waals surface area contributed by atoms with E-state index < -0.39 is 30.5 Å². The Bertz CT molecular complexity index is 705. The van der Waals surface area contributed by atoms with Crippen molar-refractivity contribution < 1.29 is 28.7 Å². The molecule has 0 bridgehead atoms. The molecule has 3 amide bonds. The summed E-state index contributed by atoms with van der Waals surface area (Å²) >= 11 is 0. The summed E-state index contributed by atoms with van der Waals surface area (Å²) in [6, 6.07) is 5.81. The number of hydrogen-bond donors (Lipinski definition) is 1. The molecular weight excluding hydrogens is 342 g/mol. The van der Waals surface area contributed by atoms with Crippen molar-refractivity contribution in [2.75, 3.05) is 31.6 Å². The Balaban J connectivity index is 2.02. The Labute approximate surface area is 150 Å². The van der Waals surface area contributed by atoms with Crippen LogP contribution in [0.2, 0.25) is 0 Å². The summed E-state index contributed by atoms with van der Waals surface area (Å²) in [5.74, 6) is -1.53. The van der Waals surface area contributed by atoms with Crippen molar-refractivity contribution in [2.45, 2.75) is 20.3 Å². The van der Waals surface area contributed by atoms with Crippen LogP contribution in [0.1, 0.15) is 30.6 Å². The van der Waals surface area contributed by atoms with Crippen LogP contribution in [0, 0.1) is 0 Å². The highest BCUT2D eigenvalue weighted by Crippen LogP contribution is 2.16. The van der Waals surface area contributed by atoms with Crippen molar-refractivity contribution in [1.82, 2.24) is 10.0 Å². The molecule has 0 atom stereocenters. The number of nitrogens with one attached hydrogen (secondary N) is 1. The molecule has 1 saturated heterocycles. The maximum atomic E-state index is 12.5. The summed E-state index contributed by atoms with van der Waals surface area (Å²) < 4.78 is 9.61. The number of urea groups is 1. The molecule has 1 aliphatic rings. The van der Waals surface area contributed by atoms with Crippen LogP contribution in [0.4, 0.5) is 10.5 Å². The average molecular weight is 363 g/mol. The van der Waals surface area contributed by atoms with E-state index in [9.17, 15) is 19.2 Å². The fraction of sp³-hybridized carbons (Fsp3) is 0.412. The van der Waals surface area contributed by atoms with Gasteiger partial charge in [-0.15, -0.1) is 0 Å². The number of anilines is 1. The predicted octanol–water partition coefficient (Wildman–Crippen LogP) is 1.41. The van der Waals surface area contributed by atoms with Gasteiger partial charge in [0, 0.05) is 25.7 Å². The number of amides is 3. The molecule has 1 aromatic rings. The van der Waals surface area contributed by atoms with Crippen molar-refractivity contribution in [3.05, 3.63) is 29.8 Å². The first-order valence-electron chi connectivity index (χ1n) is 8.21. The van der Waals surface area contributed by atoms with E-state index in [1.54, 1.807) is 25.1 Å². The number of rotatable bonds is 5. The zero-order valence-electron chi connectivity index (χ0n) is 14.7. The van der Waals surface area contributed by atoms with E-state index in [1.165, 1.54) is 23.0 Å². The minimum Gasteiger partial charge on any atom is -0.462 e. The number of carbonyl (C=O) groups excluding carboxylic acids is 4. The molecule has 1 fully saturated rings. The number of hydrazine groups is 1. The van der Waals surface area contributed by atoms with Crippen LogP contribution in [-0.2, 0) is 19.1 Å². The molecule has 9 nitrogen and oxygen atoms in total. The van der Waals surface area contributed by atoms with Crippen LogP contribution >= 0.6 is 0 Å². The van der Waals surface area contributed by atoms with Crippen molar-refractivity contribution in [3.63, 3.8) is 0 Å². The third-order valence-corrected chi connectivity index (χ3v) is 3.58. The molecule has 26 heavy (non-hydrogen) atoms. The van der Waals surface area contributed by atoms with E-state index in [2.05, 4.69) is 10.1 Å². The molecule has 1 aliphatic heterocycles.